The Morgan fingerprint density at radius 1 is 1.38 bits per heavy atom. The molecule has 1 heteroatoms. The van der Waals surface area contributed by atoms with Crippen molar-refractivity contribution in [1.29, 1.82) is 0 Å². The summed E-state index contributed by atoms with van der Waals surface area (Å²) in [6, 6.07) is 0. The van der Waals surface area contributed by atoms with Gasteiger partial charge in [0.2, 0.25) is 0 Å². The SMILES string of the molecule is CC.CCCCC=O. The summed E-state index contributed by atoms with van der Waals surface area (Å²) in [5, 5.41) is 0. The second kappa shape index (κ2) is 15.9. The topological polar surface area (TPSA) is 17.1 Å². The highest BCUT2D eigenvalue weighted by Crippen LogP contribution is 1.87. The Hall–Kier alpha value is -0.330. The van der Waals surface area contributed by atoms with Gasteiger partial charge in [-0.15, -0.1) is 0 Å². The predicted molar refractivity (Wildman–Crippen MR) is 36.9 cm³/mol. The molecule has 0 spiro atoms. The van der Waals surface area contributed by atoms with Crippen molar-refractivity contribution in [2.75, 3.05) is 0 Å². The van der Waals surface area contributed by atoms with Crippen molar-refractivity contribution in [1.82, 2.24) is 0 Å². The van der Waals surface area contributed by atoms with E-state index in [2.05, 4.69) is 6.92 Å². The summed E-state index contributed by atoms with van der Waals surface area (Å²) in [4.78, 5) is 9.56. The molecule has 0 N–H and O–H groups in total. The third-order valence-corrected chi connectivity index (χ3v) is 0.676. The number of hydrogen-bond donors (Lipinski definition) is 0. The summed E-state index contributed by atoms with van der Waals surface area (Å²) in [6.45, 7) is 6.07. The zero-order valence-corrected chi connectivity index (χ0v) is 6.11. The largest absolute Gasteiger partial charge is 0.303 e. The van der Waals surface area contributed by atoms with E-state index in [9.17, 15) is 4.79 Å². The molecule has 0 aromatic heterocycles. The van der Waals surface area contributed by atoms with Crippen LogP contribution in [0.15, 0.2) is 0 Å². The molecule has 0 bridgehead atoms. The summed E-state index contributed by atoms with van der Waals surface area (Å²) in [5.74, 6) is 0. The van der Waals surface area contributed by atoms with Crippen LogP contribution in [0, 0.1) is 0 Å². The number of rotatable bonds is 3. The zero-order valence-electron chi connectivity index (χ0n) is 6.11. The van der Waals surface area contributed by atoms with Crippen LogP contribution >= 0.6 is 0 Å². The normalized spacial score (nSPS) is 6.88. The van der Waals surface area contributed by atoms with Crippen LogP contribution in [0.1, 0.15) is 40.0 Å². The van der Waals surface area contributed by atoms with Crippen molar-refractivity contribution in [3.63, 3.8) is 0 Å². The molecule has 0 aliphatic rings. The summed E-state index contributed by atoms with van der Waals surface area (Å²) in [7, 11) is 0. The molecule has 8 heavy (non-hydrogen) atoms. The molecule has 0 aromatic rings. The van der Waals surface area contributed by atoms with Crippen molar-refractivity contribution < 1.29 is 4.79 Å². The lowest BCUT2D eigenvalue weighted by atomic mass is 10.3. The van der Waals surface area contributed by atoms with E-state index in [1.54, 1.807) is 0 Å². The van der Waals surface area contributed by atoms with Gasteiger partial charge in [-0.05, 0) is 6.42 Å². The Labute approximate surface area is 52.1 Å². The van der Waals surface area contributed by atoms with Crippen molar-refractivity contribution in [2.24, 2.45) is 0 Å². The van der Waals surface area contributed by atoms with Gasteiger partial charge in [0.25, 0.3) is 0 Å². The Balaban J connectivity index is 0. The van der Waals surface area contributed by atoms with Crippen LogP contribution in [0.2, 0.25) is 0 Å². The van der Waals surface area contributed by atoms with Crippen LogP contribution in [0.4, 0.5) is 0 Å². The first-order valence-electron chi connectivity index (χ1n) is 3.35. The van der Waals surface area contributed by atoms with Gasteiger partial charge in [-0.1, -0.05) is 27.2 Å². The van der Waals surface area contributed by atoms with Crippen LogP contribution < -0.4 is 0 Å². The van der Waals surface area contributed by atoms with E-state index in [4.69, 9.17) is 0 Å². The van der Waals surface area contributed by atoms with Crippen LogP contribution in [-0.4, -0.2) is 6.29 Å². The zero-order chi connectivity index (χ0) is 6.83. The standard InChI is InChI=1S/C5H10O.C2H6/c1-2-3-4-5-6;1-2/h5H,2-4H2,1H3;1-2H3. The summed E-state index contributed by atoms with van der Waals surface area (Å²) in [6.07, 6.45) is 3.86. The number of carbonyl (C=O) groups excluding carboxylic acids is 1. The molecule has 50 valence electrons. The number of carbonyl (C=O) groups is 1. The average Bonchev–Trinajstić information content (AvgIpc) is 1.88. The third-order valence-electron chi connectivity index (χ3n) is 0.676. The quantitative estimate of drug-likeness (QED) is 0.409. The predicted octanol–water partition coefficient (Wildman–Crippen LogP) is 2.40. The van der Waals surface area contributed by atoms with Crippen molar-refractivity contribution >= 4 is 6.29 Å². The first-order chi connectivity index (χ1) is 3.91. The number of aldehydes is 1. The molecule has 0 aliphatic heterocycles. The van der Waals surface area contributed by atoms with Crippen LogP contribution in [0.3, 0.4) is 0 Å². The molecule has 0 rings (SSSR count). The lowest BCUT2D eigenvalue weighted by molar-refractivity contribution is -0.107. The van der Waals surface area contributed by atoms with E-state index >= 15 is 0 Å². The van der Waals surface area contributed by atoms with Gasteiger partial charge in [-0.3, -0.25) is 0 Å². The van der Waals surface area contributed by atoms with Gasteiger partial charge in [0.1, 0.15) is 6.29 Å². The highest BCUT2D eigenvalue weighted by atomic mass is 16.1. The Morgan fingerprint density at radius 2 is 1.88 bits per heavy atom. The first kappa shape index (κ1) is 10.6. The molecule has 0 saturated carbocycles. The highest BCUT2D eigenvalue weighted by molar-refractivity contribution is 5.48. The molecular formula is C7H16O. The Morgan fingerprint density at radius 3 is 2.00 bits per heavy atom. The lowest BCUT2D eigenvalue weighted by Crippen LogP contribution is -1.70. The van der Waals surface area contributed by atoms with Gasteiger partial charge < -0.3 is 4.79 Å². The number of hydrogen-bond acceptors (Lipinski definition) is 1. The summed E-state index contributed by atoms with van der Waals surface area (Å²) >= 11 is 0. The van der Waals surface area contributed by atoms with Gasteiger partial charge in [0.15, 0.2) is 0 Å². The Kier molecular flexibility index (Phi) is 21.1. The van der Waals surface area contributed by atoms with E-state index in [0.717, 1.165) is 25.5 Å². The van der Waals surface area contributed by atoms with Crippen LogP contribution in [0.5, 0.6) is 0 Å². The van der Waals surface area contributed by atoms with E-state index in [1.165, 1.54) is 0 Å². The van der Waals surface area contributed by atoms with Crippen molar-refractivity contribution in [2.45, 2.75) is 40.0 Å². The fraction of sp³-hybridized carbons (Fsp3) is 0.857. The maximum Gasteiger partial charge on any atom is 0.119 e. The molecule has 0 saturated heterocycles. The summed E-state index contributed by atoms with van der Waals surface area (Å²) in [5.41, 5.74) is 0. The lowest BCUT2D eigenvalue weighted by Gasteiger charge is -1.79. The van der Waals surface area contributed by atoms with Gasteiger partial charge >= 0.3 is 0 Å². The third kappa shape index (κ3) is 17.3. The molecule has 0 atom stereocenters. The van der Waals surface area contributed by atoms with Crippen molar-refractivity contribution in [3.8, 4) is 0 Å². The molecular weight excluding hydrogens is 100 g/mol. The average molecular weight is 116 g/mol. The molecule has 0 aromatic carbocycles. The van der Waals surface area contributed by atoms with E-state index in [1.807, 2.05) is 13.8 Å². The molecule has 0 amide bonds. The molecule has 0 unspecified atom stereocenters. The number of unbranched alkanes of at least 4 members (excludes halogenated alkanes) is 2. The first-order valence-corrected chi connectivity index (χ1v) is 3.35. The molecule has 0 fully saturated rings. The second-order valence-corrected chi connectivity index (χ2v) is 1.31. The second-order valence-electron chi connectivity index (χ2n) is 1.31. The maximum absolute atomic E-state index is 9.56. The molecule has 0 radical (unpaired) electrons. The minimum absolute atomic E-state index is 0.733. The fourth-order valence-corrected chi connectivity index (χ4v) is 0.287. The van der Waals surface area contributed by atoms with Crippen LogP contribution in [0.25, 0.3) is 0 Å². The Bertz CT molecular complexity index is 33.4. The summed E-state index contributed by atoms with van der Waals surface area (Å²) < 4.78 is 0. The fourth-order valence-electron chi connectivity index (χ4n) is 0.287. The van der Waals surface area contributed by atoms with Gasteiger partial charge in [-0.2, -0.15) is 0 Å². The minimum atomic E-state index is 0.733. The van der Waals surface area contributed by atoms with Crippen molar-refractivity contribution in [3.05, 3.63) is 0 Å². The van der Waals surface area contributed by atoms with E-state index in [0.29, 0.717) is 0 Å². The van der Waals surface area contributed by atoms with Crippen LogP contribution in [-0.2, 0) is 4.79 Å². The molecule has 1 nitrogen and oxygen atoms in total. The van der Waals surface area contributed by atoms with E-state index < -0.39 is 0 Å². The highest BCUT2D eigenvalue weighted by Gasteiger charge is 1.74. The monoisotopic (exact) mass is 116 g/mol. The van der Waals surface area contributed by atoms with Gasteiger partial charge in [-0.25, -0.2) is 0 Å². The van der Waals surface area contributed by atoms with Gasteiger partial charge in [0, 0.05) is 6.42 Å². The smallest absolute Gasteiger partial charge is 0.119 e. The maximum atomic E-state index is 9.56. The molecule has 0 heterocycles. The van der Waals surface area contributed by atoms with E-state index in [-0.39, 0.29) is 0 Å². The molecule has 0 aliphatic carbocycles. The minimum Gasteiger partial charge on any atom is -0.303 e. The van der Waals surface area contributed by atoms with Gasteiger partial charge in [0.05, 0.1) is 0 Å².